The molecule has 1 aliphatic rings. The molecule has 1 saturated heterocycles. The van der Waals surface area contributed by atoms with Crippen LogP contribution in [0.15, 0.2) is 0 Å². The van der Waals surface area contributed by atoms with Crippen molar-refractivity contribution in [3.05, 3.63) is 0 Å². The van der Waals surface area contributed by atoms with Crippen molar-refractivity contribution in [2.75, 3.05) is 13.1 Å². The second-order valence-corrected chi connectivity index (χ2v) is 3.65. The van der Waals surface area contributed by atoms with E-state index >= 15 is 0 Å². The van der Waals surface area contributed by atoms with Crippen molar-refractivity contribution in [1.29, 1.82) is 0 Å². The van der Waals surface area contributed by atoms with Gasteiger partial charge in [0.2, 0.25) is 0 Å². The quantitative estimate of drug-likeness (QED) is 0.611. The van der Waals surface area contributed by atoms with Crippen LogP contribution in [-0.2, 0) is 4.84 Å². The molecule has 1 heterocycles. The van der Waals surface area contributed by atoms with Gasteiger partial charge in [-0.05, 0) is 20.8 Å². The maximum atomic E-state index is 5.09. The molecule has 1 rings (SSSR count). The third kappa shape index (κ3) is 1.92. The monoisotopic (exact) mass is 158 g/mol. The van der Waals surface area contributed by atoms with E-state index in [1.165, 1.54) is 0 Å². The van der Waals surface area contributed by atoms with Crippen LogP contribution in [0, 0.1) is 5.92 Å². The van der Waals surface area contributed by atoms with Gasteiger partial charge in [-0.3, -0.25) is 0 Å². The van der Waals surface area contributed by atoms with Crippen LogP contribution in [0.25, 0.3) is 0 Å². The molecule has 3 heteroatoms. The molecule has 0 aliphatic carbocycles. The highest BCUT2D eigenvalue weighted by atomic mass is 16.6. The summed E-state index contributed by atoms with van der Waals surface area (Å²) in [6.07, 6.45) is 0.213. The van der Waals surface area contributed by atoms with Crippen LogP contribution in [0.4, 0.5) is 0 Å². The number of rotatable bonds is 3. The Hall–Kier alpha value is -0.120. The molecule has 0 amide bonds. The molecule has 0 bridgehead atoms. The van der Waals surface area contributed by atoms with Crippen LogP contribution < -0.4 is 5.90 Å². The van der Waals surface area contributed by atoms with E-state index in [1.807, 2.05) is 6.92 Å². The van der Waals surface area contributed by atoms with E-state index in [4.69, 9.17) is 10.7 Å². The summed E-state index contributed by atoms with van der Waals surface area (Å²) in [6, 6.07) is 0.663. The minimum absolute atomic E-state index is 0.213. The fourth-order valence-electron chi connectivity index (χ4n) is 1.38. The summed E-state index contributed by atoms with van der Waals surface area (Å²) in [5.74, 6) is 5.73. The van der Waals surface area contributed by atoms with Crippen molar-refractivity contribution in [3.8, 4) is 0 Å². The maximum absolute atomic E-state index is 5.09. The molecule has 1 fully saturated rings. The van der Waals surface area contributed by atoms with E-state index in [0.29, 0.717) is 12.0 Å². The maximum Gasteiger partial charge on any atom is 0.0811 e. The van der Waals surface area contributed by atoms with Crippen LogP contribution in [-0.4, -0.2) is 30.1 Å². The van der Waals surface area contributed by atoms with E-state index in [2.05, 4.69) is 18.7 Å². The van der Waals surface area contributed by atoms with E-state index in [1.54, 1.807) is 0 Å². The predicted octanol–water partition coefficient (Wildman–Crippen LogP) is 0.605. The third-order valence-electron chi connectivity index (χ3n) is 2.55. The lowest BCUT2D eigenvalue weighted by molar-refractivity contribution is -0.0516. The van der Waals surface area contributed by atoms with Crippen molar-refractivity contribution < 1.29 is 4.84 Å². The summed E-state index contributed by atoms with van der Waals surface area (Å²) in [6.45, 7) is 8.72. The highest BCUT2D eigenvalue weighted by molar-refractivity contribution is 4.85. The van der Waals surface area contributed by atoms with Gasteiger partial charge < -0.3 is 9.74 Å². The second kappa shape index (κ2) is 3.52. The minimum Gasteiger partial charge on any atom is -0.301 e. The Morgan fingerprint density at radius 2 is 1.91 bits per heavy atom. The lowest BCUT2D eigenvalue weighted by Gasteiger charge is -2.44. The molecule has 0 aromatic rings. The van der Waals surface area contributed by atoms with Gasteiger partial charge in [0.15, 0.2) is 0 Å². The molecule has 2 N–H and O–H groups in total. The number of nitrogens with two attached hydrogens (primary N) is 1. The molecule has 66 valence electrons. The largest absolute Gasteiger partial charge is 0.301 e. The van der Waals surface area contributed by atoms with Gasteiger partial charge in [0, 0.05) is 25.0 Å². The van der Waals surface area contributed by atoms with Gasteiger partial charge in [0.1, 0.15) is 0 Å². The Bertz CT molecular complexity index is 121. The standard InChI is InChI=1S/C8H18N2O/c1-6(2)10-4-8(5-10)7(3)11-9/h6-8H,4-5,9H2,1-3H3. The Labute approximate surface area is 68.5 Å². The average Bonchev–Trinajstić information content (AvgIpc) is 1.83. The molecule has 1 atom stereocenters. The number of hydrogen-bond acceptors (Lipinski definition) is 3. The average molecular weight is 158 g/mol. The molecule has 11 heavy (non-hydrogen) atoms. The summed E-state index contributed by atoms with van der Waals surface area (Å²) < 4.78 is 0. The van der Waals surface area contributed by atoms with Gasteiger partial charge in [0.25, 0.3) is 0 Å². The van der Waals surface area contributed by atoms with E-state index < -0.39 is 0 Å². The summed E-state index contributed by atoms with van der Waals surface area (Å²) in [7, 11) is 0. The van der Waals surface area contributed by atoms with Crippen molar-refractivity contribution in [3.63, 3.8) is 0 Å². The summed E-state index contributed by atoms with van der Waals surface area (Å²) >= 11 is 0. The van der Waals surface area contributed by atoms with Gasteiger partial charge in [-0.2, -0.15) is 0 Å². The molecule has 1 unspecified atom stereocenters. The van der Waals surface area contributed by atoms with Crippen molar-refractivity contribution >= 4 is 0 Å². The molecule has 0 radical (unpaired) electrons. The van der Waals surface area contributed by atoms with Gasteiger partial charge in [-0.25, -0.2) is 5.90 Å². The molecular weight excluding hydrogens is 140 g/mol. The molecule has 0 aromatic heterocycles. The van der Waals surface area contributed by atoms with Gasteiger partial charge in [0.05, 0.1) is 6.10 Å². The zero-order chi connectivity index (χ0) is 8.43. The summed E-state index contributed by atoms with van der Waals surface area (Å²) in [4.78, 5) is 7.17. The van der Waals surface area contributed by atoms with E-state index in [0.717, 1.165) is 13.1 Å². The van der Waals surface area contributed by atoms with E-state index in [-0.39, 0.29) is 6.10 Å². The minimum atomic E-state index is 0.213. The zero-order valence-electron chi connectivity index (χ0n) is 7.58. The predicted molar refractivity (Wildman–Crippen MR) is 44.9 cm³/mol. The molecule has 0 aromatic carbocycles. The second-order valence-electron chi connectivity index (χ2n) is 3.65. The van der Waals surface area contributed by atoms with E-state index in [9.17, 15) is 0 Å². The van der Waals surface area contributed by atoms with Gasteiger partial charge in [-0.1, -0.05) is 0 Å². The summed E-state index contributed by atoms with van der Waals surface area (Å²) in [5, 5.41) is 0. The van der Waals surface area contributed by atoms with Crippen LogP contribution in [0.1, 0.15) is 20.8 Å². The zero-order valence-corrected chi connectivity index (χ0v) is 7.58. The first-order chi connectivity index (χ1) is 5.15. The van der Waals surface area contributed by atoms with Crippen LogP contribution in [0.2, 0.25) is 0 Å². The van der Waals surface area contributed by atoms with Crippen molar-refractivity contribution in [1.82, 2.24) is 4.90 Å². The first-order valence-corrected chi connectivity index (χ1v) is 4.24. The fourth-order valence-corrected chi connectivity index (χ4v) is 1.38. The first-order valence-electron chi connectivity index (χ1n) is 4.24. The molecule has 3 nitrogen and oxygen atoms in total. The summed E-state index contributed by atoms with van der Waals surface area (Å²) in [5.41, 5.74) is 0. The van der Waals surface area contributed by atoms with Crippen LogP contribution >= 0.6 is 0 Å². The van der Waals surface area contributed by atoms with Gasteiger partial charge >= 0.3 is 0 Å². The van der Waals surface area contributed by atoms with Crippen molar-refractivity contribution in [2.24, 2.45) is 11.8 Å². The van der Waals surface area contributed by atoms with Crippen molar-refractivity contribution in [2.45, 2.75) is 32.9 Å². The molecular formula is C8H18N2O. The molecule has 1 aliphatic heterocycles. The van der Waals surface area contributed by atoms with Crippen LogP contribution in [0.3, 0.4) is 0 Å². The smallest absolute Gasteiger partial charge is 0.0811 e. The Kier molecular flexibility index (Phi) is 2.87. The topological polar surface area (TPSA) is 38.5 Å². The number of hydrogen-bond donors (Lipinski definition) is 1. The Balaban J connectivity index is 2.18. The van der Waals surface area contributed by atoms with Gasteiger partial charge in [-0.15, -0.1) is 0 Å². The SMILES string of the molecule is CC(ON)C1CN(C(C)C)C1. The lowest BCUT2D eigenvalue weighted by atomic mass is 9.93. The number of likely N-dealkylation sites (tertiary alicyclic amines) is 1. The third-order valence-corrected chi connectivity index (χ3v) is 2.55. The normalized spacial score (nSPS) is 23.7. The lowest BCUT2D eigenvalue weighted by Crippen LogP contribution is -2.54. The Morgan fingerprint density at radius 1 is 1.36 bits per heavy atom. The highest BCUT2D eigenvalue weighted by Crippen LogP contribution is 2.22. The fraction of sp³-hybridized carbons (Fsp3) is 1.00. The van der Waals surface area contributed by atoms with Crippen LogP contribution in [0.5, 0.6) is 0 Å². The molecule has 0 saturated carbocycles. The highest BCUT2D eigenvalue weighted by Gasteiger charge is 2.32. The Morgan fingerprint density at radius 3 is 2.27 bits per heavy atom. The molecule has 0 spiro atoms. The number of nitrogens with zero attached hydrogens (tertiary/aromatic N) is 1. The first kappa shape index (κ1) is 8.97.